The van der Waals surface area contributed by atoms with Crippen molar-refractivity contribution in [3.8, 4) is 5.75 Å². The first-order chi connectivity index (χ1) is 6.72. The van der Waals surface area contributed by atoms with E-state index in [1.807, 2.05) is 0 Å². The highest BCUT2D eigenvalue weighted by Crippen LogP contribution is 2.11. The van der Waals surface area contributed by atoms with Gasteiger partial charge in [0.25, 0.3) is 0 Å². The van der Waals surface area contributed by atoms with Crippen LogP contribution in [0.5, 0.6) is 5.75 Å². The van der Waals surface area contributed by atoms with Crippen molar-refractivity contribution in [3.63, 3.8) is 0 Å². The average Bonchev–Trinajstić information content (AvgIpc) is 2.07. The second kappa shape index (κ2) is 2.82. The second-order valence-electron chi connectivity index (χ2n) is 1.20. The van der Waals surface area contributed by atoms with Gasteiger partial charge in [0.05, 0.1) is 21.4 Å². The first-order valence-corrected chi connectivity index (χ1v) is 2.84. The van der Waals surface area contributed by atoms with Gasteiger partial charge in [-0.25, -0.2) is 4.98 Å². The molecule has 0 saturated heterocycles. The van der Waals surface area contributed by atoms with E-state index < -0.39 is 25.0 Å². The normalized spacial score (nSPS) is 20.1. The third-order valence-electron chi connectivity index (χ3n) is 0.637. The van der Waals surface area contributed by atoms with Crippen LogP contribution >= 0.6 is 15.9 Å². The maximum atomic E-state index is 7.40. The summed E-state index contributed by atoms with van der Waals surface area (Å²) in [4.78, 5) is 3.52. The summed E-state index contributed by atoms with van der Waals surface area (Å²) in [5.74, 6) is -0.511. The Morgan fingerprint density at radius 1 is 1.89 bits per heavy atom. The van der Waals surface area contributed by atoms with Crippen molar-refractivity contribution < 1.29 is 13.0 Å². The zero-order valence-corrected chi connectivity index (χ0v) is 5.82. The summed E-state index contributed by atoms with van der Waals surface area (Å²) in [6, 6.07) is -0.789. The Labute approximate surface area is 70.4 Å². The summed E-state index contributed by atoms with van der Waals surface area (Å²) < 4.78 is 47.0. The molecule has 1 aromatic rings. The molecule has 0 atom stereocenters. The lowest BCUT2D eigenvalue weighted by atomic mass is 10.5. The number of rotatable bonds is 1. The highest BCUT2D eigenvalue weighted by atomic mass is 79.9. The molecule has 0 aliphatic rings. The Hall–Kier alpha value is -0.570. The number of hydrogen-bond donors (Lipinski definition) is 0. The van der Waals surface area contributed by atoms with Crippen molar-refractivity contribution in [1.82, 2.24) is 4.98 Å². The number of aromatic nitrogens is 1. The lowest BCUT2D eigenvalue weighted by Gasteiger charge is -1.95. The number of hydrogen-bond acceptors (Lipinski definition) is 2. The molecule has 0 aromatic carbocycles. The fourth-order valence-electron chi connectivity index (χ4n) is 0.312. The van der Waals surface area contributed by atoms with Gasteiger partial charge in [-0.15, -0.1) is 0 Å². The molecule has 0 aliphatic carbocycles. The smallest absolute Gasteiger partial charge is 0.137 e. The Morgan fingerprint density at radius 3 is 3.56 bits per heavy atom. The monoisotopic (exact) mass is 193 g/mol. The summed E-state index contributed by atoms with van der Waals surface area (Å²) in [5, 5.41) is 0. The lowest BCUT2D eigenvalue weighted by molar-refractivity contribution is 0.412. The number of halogens is 1. The first-order valence-electron chi connectivity index (χ1n) is 5.04. The van der Waals surface area contributed by atoms with Crippen LogP contribution in [0.4, 0.5) is 0 Å². The molecule has 0 bridgehead atoms. The van der Waals surface area contributed by atoms with Crippen molar-refractivity contribution in [2.45, 2.75) is 0 Å². The molecule has 2 nitrogen and oxygen atoms in total. The topological polar surface area (TPSA) is 22.1 Å². The minimum atomic E-state index is -2.76. The van der Waals surface area contributed by atoms with Crippen molar-refractivity contribution >= 4 is 15.9 Å². The highest BCUT2D eigenvalue weighted by molar-refractivity contribution is 9.10. The molecule has 0 saturated carbocycles. The van der Waals surface area contributed by atoms with Crippen LogP contribution in [0, 0.1) is 0 Å². The van der Waals surface area contributed by atoms with E-state index in [0.29, 0.717) is 0 Å². The van der Waals surface area contributed by atoms with Gasteiger partial charge < -0.3 is 4.74 Å². The van der Waals surface area contributed by atoms with Crippen molar-refractivity contribution in [2.24, 2.45) is 0 Å². The highest BCUT2D eigenvalue weighted by Gasteiger charge is 1.88. The number of ether oxygens (including phenoxy) is 1. The van der Waals surface area contributed by atoms with Crippen LogP contribution in [0.15, 0.2) is 22.9 Å². The number of pyridine rings is 1. The van der Waals surface area contributed by atoms with Gasteiger partial charge in [0.15, 0.2) is 0 Å². The van der Waals surface area contributed by atoms with E-state index >= 15 is 0 Å². The predicted molar refractivity (Wildman–Crippen MR) is 38.5 cm³/mol. The van der Waals surface area contributed by atoms with Crippen LogP contribution in [0.3, 0.4) is 0 Å². The van der Waals surface area contributed by atoms with E-state index in [1.165, 1.54) is 0 Å². The summed E-state index contributed by atoms with van der Waals surface area (Å²) >= 11 is 2.88. The van der Waals surface area contributed by atoms with Crippen LogP contribution in [-0.4, -0.2) is 12.0 Å². The Bertz CT molecular complexity index is 392. The minimum absolute atomic E-state index is 0.00962. The molecule has 0 N–H and O–H groups in total. The average molecular weight is 194 g/mol. The zero-order chi connectivity index (χ0) is 11.8. The van der Waals surface area contributed by atoms with E-state index in [-0.39, 0.29) is 10.6 Å². The van der Waals surface area contributed by atoms with Gasteiger partial charge >= 0.3 is 0 Å². The predicted octanol–water partition coefficient (Wildman–Crippen LogP) is 1.85. The molecule has 0 spiro atoms. The molecule has 0 amide bonds. The molecule has 0 fully saturated rings. The zero-order valence-electron chi connectivity index (χ0n) is 10.2. The number of nitrogens with zero attached hydrogens (tertiary/aromatic N) is 1. The van der Waals surface area contributed by atoms with Crippen LogP contribution in [-0.2, 0) is 0 Å². The molecule has 0 radical (unpaired) electrons. The maximum absolute atomic E-state index is 7.40. The molecule has 3 heteroatoms. The second-order valence-corrected chi connectivity index (χ2v) is 1.95. The van der Waals surface area contributed by atoms with Crippen LogP contribution in [0.1, 0.15) is 8.22 Å². The van der Waals surface area contributed by atoms with E-state index in [9.17, 15) is 0 Å². The van der Waals surface area contributed by atoms with Gasteiger partial charge in [0.1, 0.15) is 10.4 Å². The molecular formula is C6H6BrNO. The molecule has 48 valence electrons. The number of methoxy groups -OCH3 is 1. The molecule has 1 heterocycles. The van der Waals surface area contributed by atoms with Crippen molar-refractivity contribution in [2.75, 3.05) is 7.04 Å². The van der Waals surface area contributed by atoms with E-state index in [2.05, 4.69) is 25.7 Å². The summed E-state index contributed by atoms with van der Waals surface area (Å²) in [5.41, 5.74) is 0. The molecule has 0 aliphatic heterocycles. The van der Waals surface area contributed by atoms with Gasteiger partial charge in [0, 0.05) is 0 Å². The Morgan fingerprint density at radius 2 is 2.78 bits per heavy atom. The molecule has 9 heavy (non-hydrogen) atoms. The van der Waals surface area contributed by atoms with Gasteiger partial charge in [-0.1, -0.05) is 0 Å². The summed E-state index contributed by atoms with van der Waals surface area (Å²) in [6.45, 7) is 0. The summed E-state index contributed by atoms with van der Waals surface area (Å²) in [7, 11) is -2.76. The fourth-order valence-corrected chi connectivity index (χ4v) is 0.500. The standard InChI is InChI=1S/C6H6BrNO/c1-9-5-2-3-6(7)8-4-5/h2-4H,1H3/i1D3,2D,3D,4D. The van der Waals surface area contributed by atoms with Crippen LogP contribution in [0.25, 0.3) is 0 Å². The largest absolute Gasteiger partial charge is 0.495 e. The van der Waals surface area contributed by atoms with E-state index in [0.717, 1.165) is 0 Å². The maximum Gasteiger partial charge on any atom is 0.137 e. The van der Waals surface area contributed by atoms with Crippen LogP contribution < -0.4 is 4.74 Å². The third kappa shape index (κ3) is 1.68. The van der Waals surface area contributed by atoms with E-state index in [4.69, 9.17) is 8.22 Å². The molecule has 0 unspecified atom stereocenters. The van der Waals surface area contributed by atoms with Gasteiger partial charge in [-0.3, -0.25) is 0 Å². The molecule has 1 aromatic heterocycles. The first kappa shape index (κ1) is 2.23. The minimum Gasteiger partial charge on any atom is -0.495 e. The molecular weight excluding hydrogens is 182 g/mol. The molecule has 1 rings (SSSR count). The van der Waals surface area contributed by atoms with Gasteiger partial charge in [-0.2, -0.15) is 0 Å². The van der Waals surface area contributed by atoms with E-state index in [1.54, 1.807) is 0 Å². The summed E-state index contributed by atoms with van der Waals surface area (Å²) in [6.07, 6.45) is -0.487. The fraction of sp³-hybridized carbons (Fsp3) is 0.167. The van der Waals surface area contributed by atoms with Gasteiger partial charge in [-0.05, 0) is 28.0 Å². The SMILES string of the molecule is [2H]c1nc(Br)c([2H])c([2H])c1OC([2H])([2H])[2H]. The van der Waals surface area contributed by atoms with Gasteiger partial charge in [0.2, 0.25) is 0 Å². The van der Waals surface area contributed by atoms with Crippen molar-refractivity contribution in [3.05, 3.63) is 22.9 Å². The van der Waals surface area contributed by atoms with Crippen molar-refractivity contribution in [1.29, 1.82) is 0 Å². The van der Waals surface area contributed by atoms with Crippen LogP contribution in [0.2, 0.25) is 0 Å². The lowest BCUT2D eigenvalue weighted by Crippen LogP contribution is -1.82. The quantitative estimate of drug-likeness (QED) is 0.636. The Balaban J connectivity index is 3.24. The third-order valence-corrected chi connectivity index (χ3v) is 1.01. The Kier molecular flexibility index (Phi) is 0.701.